The monoisotopic (exact) mass is 540 g/mol. The van der Waals surface area contributed by atoms with Gasteiger partial charge in [-0.25, -0.2) is 0 Å². The van der Waals surface area contributed by atoms with Gasteiger partial charge in [0.15, 0.2) is 5.96 Å². The zero-order valence-corrected chi connectivity index (χ0v) is 20.9. The number of methoxy groups -OCH3 is 1. The molecule has 0 saturated heterocycles. The molecular weight excluding hydrogens is 507 g/mol. The van der Waals surface area contributed by atoms with Crippen LogP contribution in [0.1, 0.15) is 32.3 Å². The quantitative estimate of drug-likeness (QED) is 0.239. The molecule has 0 aliphatic heterocycles. The zero-order chi connectivity index (χ0) is 21.8. The van der Waals surface area contributed by atoms with Gasteiger partial charge in [-0.15, -0.1) is 24.0 Å². The summed E-state index contributed by atoms with van der Waals surface area (Å²) in [4.78, 5) is 15.9. The van der Waals surface area contributed by atoms with Crippen molar-refractivity contribution in [1.82, 2.24) is 10.6 Å². The molecule has 0 fully saturated rings. The van der Waals surface area contributed by atoms with Gasteiger partial charge in [0, 0.05) is 31.8 Å². The van der Waals surface area contributed by atoms with E-state index in [9.17, 15) is 4.79 Å². The lowest BCUT2D eigenvalue weighted by atomic mass is 10.2. The summed E-state index contributed by atoms with van der Waals surface area (Å²) in [7, 11) is 3.37. The summed E-state index contributed by atoms with van der Waals surface area (Å²) < 4.78 is 11.1. The average Bonchev–Trinajstić information content (AvgIpc) is 2.75. The van der Waals surface area contributed by atoms with E-state index in [2.05, 4.69) is 20.9 Å². The fourth-order valence-electron chi connectivity index (χ4n) is 2.75. The Kier molecular flexibility index (Phi) is 12.4. The van der Waals surface area contributed by atoms with Crippen molar-refractivity contribution in [3.05, 3.63) is 54.1 Å². The van der Waals surface area contributed by atoms with Crippen LogP contribution in [0.5, 0.6) is 11.5 Å². The van der Waals surface area contributed by atoms with Crippen LogP contribution >= 0.6 is 24.0 Å². The van der Waals surface area contributed by atoms with E-state index >= 15 is 0 Å². The van der Waals surface area contributed by atoms with E-state index in [1.165, 1.54) is 0 Å². The second-order valence-corrected chi connectivity index (χ2v) is 6.91. The number of nitrogens with one attached hydrogen (secondary N) is 3. The van der Waals surface area contributed by atoms with E-state index in [-0.39, 0.29) is 36.0 Å². The number of guanidine groups is 1. The number of halogens is 1. The van der Waals surface area contributed by atoms with E-state index in [4.69, 9.17) is 9.47 Å². The number of anilines is 1. The number of hydrogen-bond donors (Lipinski definition) is 3. The lowest BCUT2D eigenvalue weighted by Crippen LogP contribution is -2.41. The Labute approximate surface area is 202 Å². The van der Waals surface area contributed by atoms with Gasteiger partial charge < -0.3 is 25.4 Å². The number of rotatable bonds is 10. The first-order valence-corrected chi connectivity index (χ1v) is 10.2. The highest BCUT2D eigenvalue weighted by Gasteiger charge is 2.07. The standard InChI is InChI=1S/C23H32N4O3.HI/c1-5-7-22(28)27-19-12-10-18(11-13-19)16-26-23(24-3)25-15-17(2)30-21-9-6-8-20(14-21)29-4;/h6,8-14,17H,5,7,15-16H2,1-4H3,(H,27,28)(H2,24,25,26);1H. The number of amides is 1. The summed E-state index contributed by atoms with van der Waals surface area (Å²) in [5.41, 5.74) is 1.90. The third-order valence-corrected chi connectivity index (χ3v) is 4.33. The molecule has 0 heterocycles. The maximum atomic E-state index is 11.7. The van der Waals surface area contributed by atoms with E-state index in [1.807, 2.05) is 62.4 Å². The van der Waals surface area contributed by atoms with Gasteiger partial charge in [-0.2, -0.15) is 0 Å². The molecule has 3 N–H and O–H groups in total. The molecule has 31 heavy (non-hydrogen) atoms. The van der Waals surface area contributed by atoms with Crippen LogP contribution in [0.15, 0.2) is 53.5 Å². The number of ether oxygens (including phenoxy) is 2. The molecule has 8 heteroatoms. The molecule has 2 rings (SSSR count). The number of nitrogens with zero attached hydrogens (tertiary/aromatic N) is 1. The van der Waals surface area contributed by atoms with Crippen LogP contribution < -0.4 is 25.4 Å². The van der Waals surface area contributed by atoms with Gasteiger partial charge in [0.2, 0.25) is 5.91 Å². The smallest absolute Gasteiger partial charge is 0.224 e. The maximum absolute atomic E-state index is 11.7. The van der Waals surface area contributed by atoms with Crippen LogP contribution in [0.25, 0.3) is 0 Å². The minimum atomic E-state index is -0.0540. The third-order valence-electron chi connectivity index (χ3n) is 4.33. The summed E-state index contributed by atoms with van der Waals surface area (Å²) >= 11 is 0. The normalized spacial score (nSPS) is 11.7. The molecule has 0 aliphatic rings. The van der Waals surface area contributed by atoms with Crippen molar-refractivity contribution in [1.29, 1.82) is 0 Å². The van der Waals surface area contributed by atoms with Gasteiger partial charge in [0.25, 0.3) is 0 Å². The molecule has 0 spiro atoms. The summed E-state index contributed by atoms with van der Waals surface area (Å²) in [6, 6.07) is 15.3. The van der Waals surface area contributed by atoms with Gasteiger partial charge in [-0.05, 0) is 43.2 Å². The molecule has 1 amide bonds. The third kappa shape index (κ3) is 9.91. The fourth-order valence-corrected chi connectivity index (χ4v) is 2.75. The number of carbonyl (C=O) groups excluding carboxylic acids is 1. The summed E-state index contributed by atoms with van der Waals surface area (Å²) in [6.45, 7) is 5.19. The Morgan fingerprint density at radius 2 is 1.81 bits per heavy atom. The van der Waals surface area contributed by atoms with E-state index < -0.39 is 0 Å². The lowest BCUT2D eigenvalue weighted by molar-refractivity contribution is -0.116. The molecule has 0 aliphatic carbocycles. The van der Waals surface area contributed by atoms with Crippen molar-refractivity contribution in [2.24, 2.45) is 4.99 Å². The molecular formula is C23H33IN4O3. The van der Waals surface area contributed by atoms with Gasteiger partial charge >= 0.3 is 0 Å². The van der Waals surface area contributed by atoms with E-state index in [1.54, 1.807) is 14.2 Å². The van der Waals surface area contributed by atoms with Crippen LogP contribution in [-0.2, 0) is 11.3 Å². The molecule has 170 valence electrons. The Morgan fingerprint density at radius 3 is 2.45 bits per heavy atom. The molecule has 1 atom stereocenters. The highest BCUT2D eigenvalue weighted by Crippen LogP contribution is 2.19. The predicted octanol–water partition coefficient (Wildman–Crippen LogP) is 4.18. The fraction of sp³-hybridized carbons (Fsp3) is 0.391. The van der Waals surface area contributed by atoms with Crippen molar-refractivity contribution in [2.75, 3.05) is 26.0 Å². The Balaban J connectivity index is 0.00000480. The van der Waals surface area contributed by atoms with E-state index in [0.717, 1.165) is 29.2 Å². The second kappa shape index (κ2) is 14.5. The molecule has 0 saturated carbocycles. The van der Waals surface area contributed by atoms with Crippen molar-refractivity contribution < 1.29 is 14.3 Å². The van der Waals surface area contributed by atoms with Crippen molar-refractivity contribution in [2.45, 2.75) is 39.3 Å². The van der Waals surface area contributed by atoms with Crippen LogP contribution in [0.3, 0.4) is 0 Å². The average molecular weight is 540 g/mol. The first kappa shape index (κ1) is 26.5. The largest absolute Gasteiger partial charge is 0.497 e. The SMILES string of the molecule is CCCC(=O)Nc1ccc(CNC(=NC)NCC(C)Oc2cccc(OC)c2)cc1.I. The number of benzene rings is 2. The predicted molar refractivity (Wildman–Crippen MR) is 137 cm³/mol. The van der Waals surface area contributed by atoms with Crippen molar-refractivity contribution >= 4 is 41.5 Å². The van der Waals surface area contributed by atoms with E-state index in [0.29, 0.717) is 25.5 Å². The Bertz CT molecular complexity index is 828. The molecule has 1 unspecified atom stereocenters. The van der Waals surface area contributed by atoms with Crippen LogP contribution in [0.4, 0.5) is 5.69 Å². The second-order valence-electron chi connectivity index (χ2n) is 6.91. The van der Waals surface area contributed by atoms with Crippen LogP contribution in [-0.4, -0.2) is 38.7 Å². The highest BCUT2D eigenvalue weighted by atomic mass is 127. The number of carbonyl (C=O) groups is 1. The topological polar surface area (TPSA) is 84.0 Å². The maximum Gasteiger partial charge on any atom is 0.224 e. The number of aliphatic imine (C=N–C) groups is 1. The van der Waals surface area contributed by atoms with Crippen molar-refractivity contribution in [3.8, 4) is 11.5 Å². The summed E-state index contributed by atoms with van der Waals surface area (Å²) in [5, 5.41) is 9.43. The molecule has 0 aromatic heterocycles. The first-order valence-electron chi connectivity index (χ1n) is 10.2. The van der Waals surface area contributed by atoms with Crippen LogP contribution in [0.2, 0.25) is 0 Å². The van der Waals surface area contributed by atoms with Gasteiger partial charge in [-0.1, -0.05) is 25.1 Å². The summed E-state index contributed by atoms with van der Waals surface area (Å²) in [6.07, 6.45) is 1.32. The van der Waals surface area contributed by atoms with Crippen molar-refractivity contribution in [3.63, 3.8) is 0 Å². The molecule has 7 nitrogen and oxygen atoms in total. The zero-order valence-electron chi connectivity index (χ0n) is 18.6. The lowest BCUT2D eigenvalue weighted by Gasteiger charge is -2.18. The molecule has 0 bridgehead atoms. The van der Waals surface area contributed by atoms with Gasteiger partial charge in [0.05, 0.1) is 13.7 Å². The minimum Gasteiger partial charge on any atom is -0.497 e. The minimum absolute atomic E-state index is 0. The molecule has 0 radical (unpaired) electrons. The Morgan fingerprint density at radius 1 is 1.10 bits per heavy atom. The Hall–Kier alpha value is -2.49. The molecule has 2 aromatic rings. The molecule has 2 aromatic carbocycles. The summed E-state index contributed by atoms with van der Waals surface area (Å²) in [5.74, 6) is 2.26. The van der Waals surface area contributed by atoms with Crippen LogP contribution in [0, 0.1) is 0 Å². The van der Waals surface area contributed by atoms with Gasteiger partial charge in [-0.3, -0.25) is 9.79 Å². The number of hydrogen-bond acceptors (Lipinski definition) is 4. The first-order chi connectivity index (χ1) is 14.5. The van der Waals surface area contributed by atoms with Gasteiger partial charge in [0.1, 0.15) is 17.6 Å². The highest BCUT2D eigenvalue weighted by molar-refractivity contribution is 14.0.